The van der Waals surface area contributed by atoms with E-state index in [9.17, 15) is 0 Å². The van der Waals surface area contributed by atoms with Gasteiger partial charge in [-0.1, -0.05) is 30.3 Å². The fourth-order valence-corrected chi connectivity index (χ4v) is 1.54. The molecule has 2 aromatic rings. The van der Waals surface area contributed by atoms with Crippen LogP contribution in [-0.2, 0) is 6.54 Å². The molecule has 0 spiro atoms. The maximum Gasteiger partial charge on any atom is 0.488 e. The summed E-state index contributed by atoms with van der Waals surface area (Å²) in [6.07, 6.45) is 3.67. The summed E-state index contributed by atoms with van der Waals surface area (Å²) in [6, 6.07) is 13.5. The number of nitrogens with zero attached hydrogens (tertiary/aromatic N) is 1. The van der Waals surface area contributed by atoms with Gasteiger partial charge in [-0.2, -0.15) is 0 Å². The molecule has 3 nitrogen and oxygen atoms in total. The summed E-state index contributed by atoms with van der Waals surface area (Å²) in [6.45, 7) is 0.780. The van der Waals surface area contributed by atoms with E-state index in [2.05, 4.69) is 12.1 Å². The van der Waals surface area contributed by atoms with Crippen LogP contribution in [0, 0.1) is 0 Å². The number of pyridine rings is 1. The van der Waals surface area contributed by atoms with Crippen LogP contribution in [0.1, 0.15) is 5.56 Å². The number of halogens is 1. The number of aromatic nitrogens is 1. The molecule has 2 rings (SSSR count). The van der Waals surface area contributed by atoms with Crippen LogP contribution in [0.4, 0.5) is 0 Å². The molecule has 1 heterocycles. The van der Waals surface area contributed by atoms with E-state index in [1.165, 1.54) is 5.56 Å². The summed E-state index contributed by atoms with van der Waals surface area (Å²) < 4.78 is 1.99. The Hall–Kier alpha value is -1.36. The van der Waals surface area contributed by atoms with Gasteiger partial charge in [0.1, 0.15) is 0 Å². The Morgan fingerprint density at radius 1 is 0.941 bits per heavy atom. The molecule has 17 heavy (non-hydrogen) atoms. The van der Waals surface area contributed by atoms with Crippen LogP contribution >= 0.6 is 0 Å². The van der Waals surface area contributed by atoms with Gasteiger partial charge in [-0.15, -0.1) is 0 Å². The third-order valence-electron chi connectivity index (χ3n) is 2.42. The van der Waals surface area contributed by atoms with E-state index in [1.54, 1.807) is 12.1 Å². The monoisotopic (exact) mass is 249 g/mol. The van der Waals surface area contributed by atoms with Crippen molar-refractivity contribution < 1.29 is 27.0 Å². The van der Waals surface area contributed by atoms with Crippen molar-refractivity contribution in [3.05, 3.63) is 60.4 Å². The van der Waals surface area contributed by atoms with Crippen molar-refractivity contribution in [2.45, 2.75) is 6.54 Å². The lowest BCUT2D eigenvalue weighted by Crippen LogP contribution is -3.00. The summed E-state index contributed by atoms with van der Waals surface area (Å²) >= 11 is 0. The maximum absolute atomic E-state index is 8.95. The van der Waals surface area contributed by atoms with E-state index >= 15 is 0 Å². The lowest BCUT2D eigenvalue weighted by Gasteiger charge is -1.99. The summed E-state index contributed by atoms with van der Waals surface area (Å²) in [4.78, 5) is 0. The molecule has 1 aromatic carbocycles. The summed E-state index contributed by atoms with van der Waals surface area (Å²) in [5.74, 6) is 0. The number of rotatable bonds is 3. The molecule has 0 bridgehead atoms. The SMILES string of the molecule is OB(O)c1cc[n+](Cc2ccccc2)cc1.[Cl-]. The van der Waals surface area contributed by atoms with Crippen molar-refractivity contribution in [2.24, 2.45) is 0 Å². The van der Waals surface area contributed by atoms with Crippen molar-refractivity contribution in [3.63, 3.8) is 0 Å². The van der Waals surface area contributed by atoms with Crippen LogP contribution in [-0.4, -0.2) is 17.2 Å². The first-order chi connectivity index (χ1) is 7.75. The Morgan fingerprint density at radius 3 is 2.06 bits per heavy atom. The number of hydrogen-bond donors (Lipinski definition) is 2. The minimum absolute atomic E-state index is 0. The van der Waals surface area contributed by atoms with Crippen LogP contribution in [0.25, 0.3) is 0 Å². The first-order valence-electron chi connectivity index (χ1n) is 5.15. The number of hydrogen-bond acceptors (Lipinski definition) is 2. The predicted octanol–water partition coefficient (Wildman–Crippen LogP) is -3.29. The maximum atomic E-state index is 8.95. The Bertz CT molecular complexity index is 448. The molecular formula is C12H13BClNO2. The zero-order valence-electron chi connectivity index (χ0n) is 9.20. The molecule has 0 aliphatic carbocycles. The van der Waals surface area contributed by atoms with Gasteiger partial charge in [-0.05, 0) is 5.46 Å². The standard InChI is InChI=1S/C12H13BNO2.ClH/c15-13(16)12-6-8-14(9-7-12)10-11-4-2-1-3-5-11;/h1-9,15-16H,10H2;1H/q+1;/p-1. The average Bonchev–Trinajstić information content (AvgIpc) is 2.31. The topological polar surface area (TPSA) is 44.3 Å². The number of benzene rings is 1. The highest BCUT2D eigenvalue weighted by molar-refractivity contribution is 6.58. The highest BCUT2D eigenvalue weighted by atomic mass is 35.5. The normalized spacial score (nSPS) is 9.53. The van der Waals surface area contributed by atoms with Crippen molar-refractivity contribution in [2.75, 3.05) is 0 Å². The van der Waals surface area contributed by atoms with Crippen molar-refractivity contribution in [1.29, 1.82) is 0 Å². The summed E-state index contributed by atoms with van der Waals surface area (Å²) in [5, 5.41) is 17.9. The third kappa shape index (κ3) is 3.86. The first-order valence-corrected chi connectivity index (χ1v) is 5.15. The fraction of sp³-hybridized carbons (Fsp3) is 0.0833. The molecule has 88 valence electrons. The van der Waals surface area contributed by atoms with Gasteiger partial charge in [-0.25, -0.2) is 4.57 Å². The van der Waals surface area contributed by atoms with Crippen molar-refractivity contribution >= 4 is 12.6 Å². The van der Waals surface area contributed by atoms with Gasteiger partial charge in [0, 0.05) is 17.7 Å². The first kappa shape index (κ1) is 13.7. The fourth-order valence-electron chi connectivity index (χ4n) is 1.54. The molecule has 0 unspecified atom stereocenters. The smallest absolute Gasteiger partial charge is 0.488 e. The molecule has 1 aromatic heterocycles. The predicted molar refractivity (Wildman–Crippen MR) is 62.0 cm³/mol. The van der Waals surface area contributed by atoms with E-state index in [1.807, 2.05) is 35.2 Å². The Balaban J connectivity index is 0.00000144. The minimum atomic E-state index is -1.40. The minimum Gasteiger partial charge on any atom is -1.00 e. The second-order valence-corrected chi connectivity index (χ2v) is 3.66. The lowest BCUT2D eigenvalue weighted by atomic mass is 9.81. The summed E-state index contributed by atoms with van der Waals surface area (Å²) in [7, 11) is -1.40. The van der Waals surface area contributed by atoms with Gasteiger partial charge in [0.2, 0.25) is 0 Å². The van der Waals surface area contributed by atoms with Crippen molar-refractivity contribution in [3.8, 4) is 0 Å². The van der Waals surface area contributed by atoms with Crippen LogP contribution in [0.2, 0.25) is 0 Å². The molecule has 0 aliphatic rings. The largest absolute Gasteiger partial charge is 1.00 e. The Kier molecular flexibility index (Phi) is 5.16. The van der Waals surface area contributed by atoms with Crippen LogP contribution in [0.5, 0.6) is 0 Å². The molecule has 0 fully saturated rings. The molecule has 0 saturated heterocycles. The Labute approximate surface area is 107 Å². The van der Waals surface area contributed by atoms with Crippen molar-refractivity contribution in [1.82, 2.24) is 0 Å². The molecule has 0 atom stereocenters. The van der Waals surface area contributed by atoms with Gasteiger partial charge in [-0.3, -0.25) is 0 Å². The van der Waals surface area contributed by atoms with E-state index < -0.39 is 7.12 Å². The molecule has 0 radical (unpaired) electrons. The van der Waals surface area contributed by atoms with Gasteiger partial charge in [0.25, 0.3) is 0 Å². The summed E-state index contributed by atoms with van der Waals surface area (Å²) in [5.41, 5.74) is 1.72. The second kappa shape index (κ2) is 6.40. The van der Waals surface area contributed by atoms with E-state index in [0.717, 1.165) is 6.54 Å². The quantitative estimate of drug-likeness (QED) is 0.442. The highest BCUT2D eigenvalue weighted by Crippen LogP contribution is 1.96. The van der Waals surface area contributed by atoms with E-state index in [-0.39, 0.29) is 12.4 Å². The zero-order valence-corrected chi connectivity index (χ0v) is 9.96. The molecule has 5 heteroatoms. The van der Waals surface area contributed by atoms with Crippen LogP contribution in [0.3, 0.4) is 0 Å². The van der Waals surface area contributed by atoms with E-state index in [0.29, 0.717) is 5.46 Å². The van der Waals surface area contributed by atoms with Crippen LogP contribution < -0.4 is 22.4 Å². The van der Waals surface area contributed by atoms with Gasteiger partial charge < -0.3 is 22.5 Å². The molecule has 0 amide bonds. The molecule has 0 saturated carbocycles. The van der Waals surface area contributed by atoms with Gasteiger partial charge >= 0.3 is 7.12 Å². The van der Waals surface area contributed by atoms with Crippen LogP contribution in [0.15, 0.2) is 54.9 Å². The second-order valence-electron chi connectivity index (χ2n) is 3.66. The molecule has 2 N–H and O–H groups in total. The van der Waals surface area contributed by atoms with Gasteiger partial charge in [0.05, 0.1) is 0 Å². The van der Waals surface area contributed by atoms with Gasteiger partial charge in [0.15, 0.2) is 18.9 Å². The Morgan fingerprint density at radius 2 is 1.53 bits per heavy atom. The highest BCUT2D eigenvalue weighted by Gasteiger charge is 2.12. The molecule has 0 aliphatic heterocycles. The average molecular weight is 250 g/mol. The lowest BCUT2D eigenvalue weighted by molar-refractivity contribution is -0.688. The van der Waals surface area contributed by atoms with E-state index in [4.69, 9.17) is 10.0 Å². The third-order valence-corrected chi connectivity index (χ3v) is 2.42. The zero-order chi connectivity index (χ0) is 11.4. The molecular weight excluding hydrogens is 236 g/mol.